The number of pyridine rings is 1. The second-order valence-electron chi connectivity index (χ2n) is 4.14. The predicted octanol–water partition coefficient (Wildman–Crippen LogP) is 2.15. The fourth-order valence-electron chi connectivity index (χ4n) is 1.42. The molecule has 2 N–H and O–H groups in total. The summed E-state index contributed by atoms with van der Waals surface area (Å²) < 4.78 is 26.6. The first kappa shape index (κ1) is 15.5. The Morgan fingerprint density at radius 2 is 1.86 bits per heavy atom. The van der Waals surface area contributed by atoms with Crippen LogP contribution in [0.3, 0.4) is 0 Å². The minimum atomic E-state index is -3.77. The fourth-order valence-corrected chi connectivity index (χ4v) is 2.42. The van der Waals surface area contributed by atoms with E-state index in [9.17, 15) is 8.42 Å². The number of nitrogens with one attached hydrogen (secondary N) is 2. The SMILES string of the molecule is CCCNc1ncc(S(=O)(=O)Nc2ccc(Cl)cn2)cn1. The molecule has 0 aliphatic heterocycles. The number of rotatable bonds is 6. The van der Waals surface area contributed by atoms with Crippen LogP contribution in [0.25, 0.3) is 0 Å². The Hall–Kier alpha value is -1.93. The summed E-state index contributed by atoms with van der Waals surface area (Å²) in [5.74, 6) is 0.563. The second kappa shape index (κ2) is 6.68. The van der Waals surface area contributed by atoms with Crippen molar-refractivity contribution in [2.45, 2.75) is 18.2 Å². The molecule has 0 aromatic carbocycles. The van der Waals surface area contributed by atoms with Gasteiger partial charge in [-0.1, -0.05) is 18.5 Å². The minimum absolute atomic E-state index is 0.0405. The van der Waals surface area contributed by atoms with Crippen molar-refractivity contribution in [3.05, 3.63) is 35.7 Å². The molecule has 0 radical (unpaired) electrons. The van der Waals surface area contributed by atoms with E-state index in [0.717, 1.165) is 13.0 Å². The number of aromatic nitrogens is 3. The predicted molar refractivity (Wildman–Crippen MR) is 80.9 cm³/mol. The average molecular weight is 328 g/mol. The molecular formula is C12H14ClN5O2S. The van der Waals surface area contributed by atoms with Gasteiger partial charge in [0.25, 0.3) is 10.0 Å². The van der Waals surface area contributed by atoms with Crippen LogP contribution in [-0.2, 0) is 10.0 Å². The van der Waals surface area contributed by atoms with Crippen LogP contribution in [0, 0.1) is 0 Å². The van der Waals surface area contributed by atoms with Gasteiger partial charge in [0.2, 0.25) is 5.95 Å². The van der Waals surface area contributed by atoms with Crippen LogP contribution in [0.1, 0.15) is 13.3 Å². The molecule has 0 bridgehead atoms. The molecule has 0 aliphatic carbocycles. The normalized spacial score (nSPS) is 11.1. The molecule has 112 valence electrons. The molecule has 2 aromatic rings. The maximum absolute atomic E-state index is 12.1. The van der Waals surface area contributed by atoms with Crippen molar-refractivity contribution in [1.82, 2.24) is 15.0 Å². The Morgan fingerprint density at radius 1 is 1.14 bits per heavy atom. The van der Waals surface area contributed by atoms with Gasteiger partial charge in [0.05, 0.1) is 17.4 Å². The molecule has 0 saturated carbocycles. The van der Waals surface area contributed by atoms with E-state index in [0.29, 0.717) is 11.0 Å². The van der Waals surface area contributed by atoms with Crippen LogP contribution in [-0.4, -0.2) is 29.9 Å². The fraction of sp³-hybridized carbons (Fsp3) is 0.250. The molecule has 2 heterocycles. The first-order valence-electron chi connectivity index (χ1n) is 6.21. The van der Waals surface area contributed by atoms with Crippen molar-refractivity contribution in [3.8, 4) is 0 Å². The molecule has 9 heteroatoms. The molecule has 0 spiro atoms. The highest BCUT2D eigenvalue weighted by Gasteiger charge is 2.16. The molecule has 2 rings (SSSR count). The molecule has 0 atom stereocenters. The summed E-state index contributed by atoms with van der Waals surface area (Å²) in [5.41, 5.74) is 0. The van der Waals surface area contributed by atoms with Crippen molar-refractivity contribution in [1.29, 1.82) is 0 Å². The van der Waals surface area contributed by atoms with E-state index in [4.69, 9.17) is 11.6 Å². The molecule has 0 fully saturated rings. The molecule has 0 aliphatic rings. The summed E-state index contributed by atoms with van der Waals surface area (Å²) in [4.78, 5) is 11.7. The maximum atomic E-state index is 12.1. The quantitative estimate of drug-likeness (QED) is 0.843. The van der Waals surface area contributed by atoms with Crippen molar-refractivity contribution >= 4 is 33.4 Å². The Labute approximate surface area is 127 Å². The van der Waals surface area contributed by atoms with Crippen molar-refractivity contribution in [3.63, 3.8) is 0 Å². The van der Waals surface area contributed by atoms with Crippen LogP contribution in [0.5, 0.6) is 0 Å². The van der Waals surface area contributed by atoms with E-state index < -0.39 is 10.0 Å². The zero-order valence-electron chi connectivity index (χ0n) is 11.2. The number of hydrogen-bond acceptors (Lipinski definition) is 6. The van der Waals surface area contributed by atoms with Crippen LogP contribution in [0.4, 0.5) is 11.8 Å². The molecule has 7 nitrogen and oxygen atoms in total. The lowest BCUT2D eigenvalue weighted by molar-refractivity contribution is 0.600. The van der Waals surface area contributed by atoms with Crippen LogP contribution in [0.15, 0.2) is 35.6 Å². The van der Waals surface area contributed by atoms with Gasteiger partial charge in [-0.2, -0.15) is 0 Å². The number of sulfonamides is 1. The van der Waals surface area contributed by atoms with Gasteiger partial charge >= 0.3 is 0 Å². The average Bonchev–Trinajstić information content (AvgIpc) is 2.48. The van der Waals surface area contributed by atoms with E-state index >= 15 is 0 Å². The van der Waals surface area contributed by atoms with Gasteiger partial charge in [-0.05, 0) is 18.6 Å². The summed E-state index contributed by atoms with van der Waals surface area (Å²) in [5, 5.41) is 3.39. The van der Waals surface area contributed by atoms with E-state index in [1.165, 1.54) is 24.7 Å². The zero-order chi connectivity index (χ0) is 15.3. The second-order valence-corrected chi connectivity index (χ2v) is 6.26. The maximum Gasteiger partial charge on any atom is 0.266 e. The first-order valence-corrected chi connectivity index (χ1v) is 8.07. The van der Waals surface area contributed by atoms with Gasteiger partial charge in [-0.25, -0.2) is 23.4 Å². The Bertz CT molecular complexity index is 689. The smallest absolute Gasteiger partial charge is 0.266 e. The van der Waals surface area contributed by atoms with Crippen LogP contribution in [0.2, 0.25) is 5.02 Å². The summed E-state index contributed by atoms with van der Waals surface area (Å²) in [6, 6.07) is 3.01. The van der Waals surface area contributed by atoms with Gasteiger partial charge in [0.1, 0.15) is 10.7 Å². The van der Waals surface area contributed by atoms with Gasteiger partial charge in [0, 0.05) is 12.7 Å². The van der Waals surface area contributed by atoms with E-state index in [2.05, 4.69) is 25.0 Å². The topological polar surface area (TPSA) is 96.9 Å². The molecule has 0 saturated heterocycles. The monoisotopic (exact) mass is 327 g/mol. The standard InChI is InChI=1S/C12H14ClN5O2S/c1-2-5-14-12-16-7-10(8-17-12)21(19,20)18-11-4-3-9(13)6-15-11/h3-4,6-8H,2,5H2,1H3,(H,15,18)(H,14,16,17). The van der Waals surface area contributed by atoms with Crippen molar-refractivity contribution in [2.75, 3.05) is 16.6 Å². The lowest BCUT2D eigenvalue weighted by atomic mass is 10.5. The van der Waals surface area contributed by atoms with E-state index in [1.807, 2.05) is 6.92 Å². The van der Waals surface area contributed by atoms with Gasteiger partial charge in [0.15, 0.2) is 0 Å². The van der Waals surface area contributed by atoms with Crippen LogP contribution >= 0.6 is 11.6 Å². The van der Waals surface area contributed by atoms with E-state index in [-0.39, 0.29) is 10.7 Å². The Kier molecular flexibility index (Phi) is 4.92. The molecule has 21 heavy (non-hydrogen) atoms. The summed E-state index contributed by atoms with van der Waals surface area (Å²) in [7, 11) is -3.77. The summed E-state index contributed by atoms with van der Waals surface area (Å²) in [6.07, 6.45) is 4.76. The number of halogens is 1. The van der Waals surface area contributed by atoms with Crippen molar-refractivity contribution < 1.29 is 8.42 Å². The molecular weight excluding hydrogens is 314 g/mol. The summed E-state index contributed by atoms with van der Waals surface area (Å²) >= 11 is 5.69. The Morgan fingerprint density at radius 3 is 2.43 bits per heavy atom. The summed E-state index contributed by atoms with van der Waals surface area (Å²) in [6.45, 7) is 2.73. The number of hydrogen-bond donors (Lipinski definition) is 2. The lowest BCUT2D eigenvalue weighted by Crippen LogP contribution is -2.15. The Balaban J connectivity index is 2.13. The third-order valence-corrected chi connectivity index (χ3v) is 3.97. The molecule has 2 aromatic heterocycles. The highest BCUT2D eigenvalue weighted by molar-refractivity contribution is 7.92. The molecule has 0 amide bonds. The molecule has 0 unspecified atom stereocenters. The highest BCUT2D eigenvalue weighted by atomic mass is 35.5. The van der Waals surface area contributed by atoms with E-state index in [1.54, 1.807) is 6.07 Å². The number of anilines is 2. The van der Waals surface area contributed by atoms with Gasteiger partial charge in [-0.3, -0.25) is 4.72 Å². The zero-order valence-corrected chi connectivity index (χ0v) is 12.8. The third kappa shape index (κ3) is 4.27. The van der Waals surface area contributed by atoms with Gasteiger partial charge in [-0.15, -0.1) is 0 Å². The third-order valence-electron chi connectivity index (χ3n) is 2.44. The first-order chi connectivity index (χ1) is 10.0. The lowest BCUT2D eigenvalue weighted by Gasteiger charge is -2.07. The van der Waals surface area contributed by atoms with Gasteiger partial charge < -0.3 is 5.32 Å². The minimum Gasteiger partial charge on any atom is -0.354 e. The number of nitrogens with zero attached hydrogens (tertiary/aromatic N) is 3. The largest absolute Gasteiger partial charge is 0.354 e. The van der Waals surface area contributed by atoms with Crippen molar-refractivity contribution in [2.24, 2.45) is 0 Å². The highest BCUT2D eigenvalue weighted by Crippen LogP contribution is 2.15. The van der Waals surface area contributed by atoms with Crippen LogP contribution < -0.4 is 10.0 Å².